The summed E-state index contributed by atoms with van der Waals surface area (Å²) >= 11 is 1.72. The van der Waals surface area contributed by atoms with Gasteiger partial charge in [0.2, 0.25) is 0 Å². The molecule has 0 aliphatic heterocycles. The molecule has 0 saturated carbocycles. The SMILES string of the molecule is Cc1nc(C)c(C(C)NCc2ccc(CO)o2)s1. The van der Waals surface area contributed by atoms with Gasteiger partial charge in [-0.1, -0.05) is 0 Å². The van der Waals surface area contributed by atoms with Gasteiger partial charge in [-0.15, -0.1) is 11.3 Å². The van der Waals surface area contributed by atoms with Gasteiger partial charge in [0.15, 0.2) is 0 Å². The van der Waals surface area contributed by atoms with Crippen LogP contribution < -0.4 is 5.32 Å². The van der Waals surface area contributed by atoms with Crippen LogP contribution in [0.1, 0.15) is 40.1 Å². The average molecular weight is 266 g/mol. The number of aryl methyl sites for hydroxylation is 2. The van der Waals surface area contributed by atoms with Gasteiger partial charge in [0.05, 0.1) is 17.2 Å². The van der Waals surface area contributed by atoms with E-state index in [9.17, 15) is 0 Å². The molecule has 18 heavy (non-hydrogen) atoms. The van der Waals surface area contributed by atoms with Gasteiger partial charge < -0.3 is 14.8 Å². The van der Waals surface area contributed by atoms with Crippen LogP contribution in [0, 0.1) is 13.8 Å². The third-order valence-electron chi connectivity index (χ3n) is 2.79. The number of hydrogen-bond acceptors (Lipinski definition) is 5. The average Bonchev–Trinajstić information content (AvgIpc) is 2.92. The number of rotatable bonds is 5. The first-order chi connectivity index (χ1) is 8.60. The van der Waals surface area contributed by atoms with Gasteiger partial charge in [-0.05, 0) is 32.9 Å². The number of furan rings is 1. The molecule has 5 heteroatoms. The second kappa shape index (κ2) is 5.65. The molecule has 98 valence electrons. The minimum absolute atomic E-state index is 0.0529. The summed E-state index contributed by atoms with van der Waals surface area (Å²) in [5, 5.41) is 13.4. The first-order valence-electron chi connectivity index (χ1n) is 5.96. The Labute approximate surface area is 111 Å². The van der Waals surface area contributed by atoms with E-state index in [4.69, 9.17) is 9.52 Å². The molecular formula is C13H18N2O2S. The Kier molecular flexibility index (Phi) is 4.16. The molecule has 4 nitrogen and oxygen atoms in total. The lowest BCUT2D eigenvalue weighted by Gasteiger charge is -2.11. The monoisotopic (exact) mass is 266 g/mol. The lowest BCUT2D eigenvalue weighted by atomic mass is 10.2. The van der Waals surface area contributed by atoms with Gasteiger partial charge >= 0.3 is 0 Å². The Balaban J connectivity index is 1.95. The summed E-state index contributed by atoms with van der Waals surface area (Å²) in [6.45, 7) is 6.78. The van der Waals surface area contributed by atoms with Crippen LogP contribution >= 0.6 is 11.3 Å². The lowest BCUT2D eigenvalue weighted by molar-refractivity contribution is 0.242. The van der Waals surface area contributed by atoms with Crippen molar-refractivity contribution in [3.05, 3.63) is 39.2 Å². The highest BCUT2D eigenvalue weighted by Gasteiger charge is 2.13. The normalized spacial score (nSPS) is 12.9. The molecule has 0 aliphatic carbocycles. The number of nitrogens with one attached hydrogen (secondary N) is 1. The fraction of sp³-hybridized carbons (Fsp3) is 0.462. The fourth-order valence-corrected chi connectivity index (χ4v) is 2.85. The largest absolute Gasteiger partial charge is 0.462 e. The van der Waals surface area contributed by atoms with Crippen molar-refractivity contribution in [2.75, 3.05) is 0 Å². The summed E-state index contributed by atoms with van der Waals surface area (Å²) in [4.78, 5) is 5.69. The minimum atomic E-state index is -0.0529. The molecule has 1 unspecified atom stereocenters. The van der Waals surface area contributed by atoms with Gasteiger partial charge in [0.1, 0.15) is 18.1 Å². The molecule has 2 rings (SSSR count). The van der Waals surface area contributed by atoms with Crippen molar-refractivity contribution < 1.29 is 9.52 Å². The Morgan fingerprint density at radius 3 is 2.67 bits per heavy atom. The van der Waals surface area contributed by atoms with Crippen molar-refractivity contribution in [2.24, 2.45) is 0 Å². The van der Waals surface area contributed by atoms with E-state index in [1.165, 1.54) is 4.88 Å². The van der Waals surface area contributed by atoms with Crippen LogP contribution in [0.15, 0.2) is 16.5 Å². The number of aliphatic hydroxyl groups excluding tert-OH is 1. The van der Waals surface area contributed by atoms with Crippen molar-refractivity contribution in [3.8, 4) is 0 Å². The Morgan fingerprint density at radius 2 is 2.11 bits per heavy atom. The molecule has 1 atom stereocenters. The van der Waals surface area contributed by atoms with Gasteiger partial charge in [0.25, 0.3) is 0 Å². The zero-order valence-corrected chi connectivity index (χ0v) is 11.7. The van der Waals surface area contributed by atoms with Gasteiger partial charge in [-0.25, -0.2) is 4.98 Å². The Hall–Kier alpha value is -1.17. The third kappa shape index (κ3) is 2.98. The Morgan fingerprint density at radius 1 is 1.39 bits per heavy atom. The number of nitrogens with zero attached hydrogens (tertiary/aromatic N) is 1. The quantitative estimate of drug-likeness (QED) is 0.873. The molecule has 2 aromatic rings. The fourth-order valence-electron chi connectivity index (χ4n) is 1.90. The van der Waals surface area contributed by atoms with Gasteiger partial charge in [0, 0.05) is 10.9 Å². The van der Waals surface area contributed by atoms with Crippen LogP contribution in [-0.2, 0) is 13.2 Å². The highest BCUT2D eigenvalue weighted by Crippen LogP contribution is 2.24. The number of thiazole rings is 1. The molecular weight excluding hydrogens is 248 g/mol. The highest BCUT2D eigenvalue weighted by molar-refractivity contribution is 7.11. The smallest absolute Gasteiger partial charge is 0.129 e. The molecule has 0 aromatic carbocycles. The van der Waals surface area contributed by atoms with Crippen LogP contribution in [0.4, 0.5) is 0 Å². The predicted octanol–water partition coefficient (Wildman–Crippen LogP) is 2.70. The van der Waals surface area contributed by atoms with Crippen LogP contribution in [0.5, 0.6) is 0 Å². The van der Waals surface area contributed by atoms with E-state index in [-0.39, 0.29) is 12.6 Å². The molecule has 0 fully saturated rings. The van der Waals surface area contributed by atoms with Crippen LogP contribution in [0.25, 0.3) is 0 Å². The molecule has 0 amide bonds. The van der Waals surface area contributed by atoms with E-state index in [0.717, 1.165) is 16.5 Å². The maximum Gasteiger partial charge on any atom is 0.129 e. The summed E-state index contributed by atoms with van der Waals surface area (Å²) < 4.78 is 5.43. The van der Waals surface area contributed by atoms with E-state index in [2.05, 4.69) is 17.2 Å². The van der Waals surface area contributed by atoms with Gasteiger partial charge in [-0.2, -0.15) is 0 Å². The van der Waals surface area contributed by atoms with E-state index < -0.39 is 0 Å². The second-order valence-corrected chi connectivity index (χ2v) is 5.55. The van der Waals surface area contributed by atoms with Crippen molar-refractivity contribution in [1.82, 2.24) is 10.3 Å². The predicted molar refractivity (Wildman–Crippen MR) is 71.5 cm³/mol. The Bertz CT molecular complexity index is 519. The molecule has 0 radical (unpaired) electrons. The zero-order valence-electron chi connectivity index (χ0n) is 10.9. The number of aliphatic hydroxyl groups is 1. The van der Waals surface area contributed by atoms with Crippen molar-refractivity contribution in [1.29, 1.82) is 0 Å². The summed E-state index contributed by atoms with van der Waals surface area (Å²) in [6.07, 6.45) is 0. The van der Waals surface area contributed by atoms with Crippen molar-refractivity contribution >= 4 is 11.3 Å². The standard InChI is InChI=1S/C13H18N2O2S/c1-8(13-9(2)15-10(3)18-13)14-6-11-4-5-12(7-16)17-11/h4-5,8,14,16H,6-7H2,1-3H3. The minimum Gasteiger partial charge on any atom is -0.462 e. The first-order valence-corrected chi connectivity index (χ1v) is 6.77. The van der Waals surface area contributed by atoms with Gasteiger partial charge in [-0.3, -0.25) is 0 Å². The van der Waals surface area contributed by atoms with Crippen molar-refractivity contribution in [2.45, 2.75) is 40.0 Å². The summed E-state index contributed by atoms with van der Waals surface area (Å²) in [5.74, 6) is 1.44. The highest BCUT2D eigenvalue weighted by atomic mass is 32.1. The third-order valence-corrected chi connectivity index (χ3v) is 4.04. The number of aromatic nitrogens is 1. The second-order valence-electron chi connectivity index (χ2n) is 4.31. The summed E-state index contributed by atoms with van der Waals surface area (Å²) in [6, 6.07) is 3.93. The van der Waals surface area contributed by atoms with Crippen LogP contribution in [0.2, 0.25) is 0 Å². The molecule has 2 N–H and O–H groups in total. The molecule has 2 heterocycles. The first kappa shape index (κ1) is 13.3. The summed E-state index contributed by atoms with van der Waals surface area (Å²) in [5.41, 5.74) is 1.09. The van der Waals surface area contributed by atoms with E-state index >= 15 is 0 Å². The van der Waals surface area contributed by atoms with E-state index in [1.54, 1.807) is 17.4 Å². The van der Waals surface area contributed by atoms with Crippen LogP contribution in [-0.4, -0.2) is 10.1 Å². The topological polar surface area (TPSA) is 58.3 Å². The van der Waals surface area contributed by atoms with Crippen molar-refractivity contribution in [3.63, 3.8) is 0 Å². The number of hydrogen-bond donors (Lipinski definition) is 2. The molecule has 0 spiro atoms. The van der Waals surface area contributed by atoms with Crippen LogP contribution in [0.3, 0.4) is 0 Å². The molecule has 0 saturated heterocycles. The lowest BCUT2D eigenvalue weighted by Crippen LogP contribution is -2.17. The molecule has 0 bridgehead atoms. The van der Waals surface area contributed by atoms with E-state index in [0.29, 0.717) is 12.3 Å². The molecule has 2 aromatic heterocycles. The molecule has 0 aliphatic rings. The summed E-state index contributed by atoms with van der Waals surface area (Å²) in [7, 11) is 0. The van der Waals surface area contributed by atoms with E-state index in [1.807, 2.05) is 19.9 Å². The maximum absolute atomic E-state index is 8.92. The zero-order chi connectivity index (χ0) is 13.1. The maximum atomic E-state index is 8.92.